The normalized spacial score (nSPS) is 12.0. The number of carboxylic acids is 1. The molecule has 0 bridgehead atoms. The average Bonchev–Trinajstić information content (AvgIpc) is 2.65. The van der Waals surface area contributed by atoms with Crippen LogP contribution in [0.5, 0.6) is 0 Å². The van der Waals surface area contributed by atoms with Gasteiger partial charge in [0.05, 0.1) is 0 Å². The zero-order valence-corrected chi connectivity index (χ0v) is 11.2. The van der Waals surface area contributed by atoms with E-state index in [1.807, 2.05) is 25.1 Å². The first-order valence-corrected chi connectivity index (χ1v) is 6.13. The van der Waals surface area contributed by atoms with E-state index in [-0.39, 0.29) is 11.2 Å². The Bertz CT molecular complexity index is 600. The van der Waals surface area contributed by atoms with Crippen molar-refractivity contribution in [3.05, 3.63) is 35.1 Å². The van der Waals surface area contributed by atoms with Crippen molar-refractivity contribution in [3.63, 3.8) is 0 Å². The van der Waals surface area contributed by atoms with E-state index >= 15 is 0 Å². The number of aromatic carboxylic acids is 1. The van der Waals surface area contributed by atoms with E-state index in [2.05, 4.69) is 20.8 Å². The Hall–Kier alpha value is -1.77. The molecule has 0 aliphatic heterocycles. The van der Waals surface area contributed by atoms with Crippen LogP contribution in [0.1, 0.15) is 49.4 Å². The van der Waals surface area contributed by atoms with Gasteiger partial charge in [0, 0.05) is 10.9 Å². The van der Waals surface area contributed by atoms with E-state index < -0.39 is 5.97 Å². The van der Waals surface area contributed by atoms with Gasteiger partial charge < -0.3 is 9.52 Å². The Morgan fingerprint density at radius 2 is 2.00 bits per heavy atom. The molecule has 1 heterocycles. The summed E-state index contributed by atoms with van der Waals surface area (Å²) >= 11 is 0. The third kappa shape index (κ3) is 2.01. The summed E-state index contributed by atoms with van der Waals surface area (Å²) in [6, 6.07) is 5.91. The van der Waals surface area contributed by atoms with Crippen molar-refractivity contribution in [2.45, 2.75) is 39.5 Å². The highest BCUT2D eigenvalue weighted by Crippen LogP contribution is 2.31. The third-order valence-corrected chi connectivity index (χ3v) is 3.20. The number of rotatable bonds is 2. The van der Waals surface area contributed by atoms with Crippen LogP contribution in [-0.4, -0.2) is 11.1 Å². The summed E-state index contributed by atoms with van der Waals surface area (Å²) in [5.74, 6) is -0.932. The summed E-state index contributed by atoms with van der Waals surface area (Å²) in [6.45, 7) is 8.36. The Kier molecular flexibility index (Phi) is 2.93. The second-order valence-corrected chi connectivity index (χ2v) is 5.53. The first-order chi connectivity index (χ1) is 8.34. The van der Waals surface area contributed by atoms with Crippen molar-refractivity contribution in [2.75, 3.05) is 0 Å². The molecule has 0 aliphatic rings. The lowest BCUT2D eigenvalue weighted by molar-refractivity contribution is 0.0663. The Morgan fingerprint density at radius 1 is 1.33 bits per heavy atom. The van der Waals surface area contributed by atoms with Crippen molar-refractivity contribution in [1.82, 2.24) is 0 Å². The van der Waals surface area contributed by atoms with Crippen LogP contribution in [0.2, 0.25) is 0 Å². The van der Waals surface area contributed by atoms with Crippen molar-refractivity contribution < 1.29 is 14.3 Å². The maximum absolute atomic E-state index is 11.1. The lowest BCUT2D eigenvalue weighted by Gasteiger charge is -2.18. The molecule has 3 heteroatoms. The quantitative estimate of drug-likeness (QED) is 0.871. The minimum Gasteiger partial charge on any atom is -0.475 e. The molecule has 0 amide bonds. The Balaban J connectivity index is 2.72. The molecule has 0 aliphatic carbocycles. The van der Waals surface area contributed by atoms with Gasteiger partial charge in [-0.2, -0.15) is 0 Å². The lowest BCUT2D eigenvalue weighted by atomic mass is 9.86. The fourth-order valence-electron chi connectivity index (χ4n) is 2.14. The van der Waals surface area contributed by atoms with Crippen LogP contribution in [0.4, 0.5) is 0 Å². The van der Waals surface area contributed by atoms with Crippen LogP contribution >= 0.6 is 0 Å². The van der Waals surface area contributed by atoms with E-state index in [1.165, 1.54) is 5.56 Å². The number of carbonyl (C=O) groups is 1. The summed E-state index contributed by atoms with van der Waals surface area (Å²) in [7, 11) is 0. The minimum atomic E-state index is -1.000. The molecule has 1 N–H and O–H groups in total. The van der Waals surface area contributed by atoms with Gasteiger partial charge in [0.1, 0.15) is 5.58 Å². The van der Waals surface area contributed by atoms with Crippen LogP contribution < -0.4 is 0 Å². The zero-order valence-electron chi connectivity index (χ0n) is 11.2. The topological polar surface area (TPSA) is 50.4 Å². The van der Waals surface area contributed by atoms with Crippen molar-refractivity contribution in [2.24, 2.45) is 0 Å². The zero-order chi connectivity index (χ0) is 13.5. The average molecular weight is 246 g/mol. The molecule has 1 aromatic carbocycles. The van der Waals surface area contributed by atoms with Gasteiger partial charge in [-0.25, -0.2) is 4.79 Å². The summed E-state index contributed by atoms with van der Waals surface area (Å²) in [5, 5.41) is 10.1. The monoisotopic (exact) mass is 246 g/mol. The highest BCUT2D eigenvalue weighted by molar-refractivity contribution is 5.95. The molecule has 2 rings (SSSR count). The number of benzene rings is 1. The maximum atomic E-state index is 11.1. The smallest absolute Gasteiger partial charge is 0.372 e. The van der Waals surface area contributed by atoms with Gasteiger partial charge in [0.15, 0.2) is 0 Å². The number of hydrogen-bond acceptors (Lipinski definition) is 2. The molecule has 3 nitrogen and oxygen atoms in total. The maximum Gasteiger partial charge on any atom is 0.372 e. The molecular weight excluding hydrogens is 228 g/mol. The second kappa shape index (κ2) is 4.16. The van der Waals surface area contributed by atoms with Crippen molar-refractivity contribution in [3.8, 4) is 0 Å². The number of aryl methyl sites for hydroxylation is 1. The van der Waals surface area contributed by atoms with E-state index in [9.17, 15) is 4.79 Å². The van der Waals surface area contributed by atoms with Gasteiger partial charge in [-0.3, -0.25) is 0 Å². The van der Waals surface area contributed by atoms with Gasteiger partial charge in [-0.1, -0.05) is 33.8 Å². The predicted octanol–water partition coefficient (Wildman–Crippen LogP) is 3.99. The standard InChI is InChI=1S/C15H18O3/c1-5-10-11-8-9(15(2,3)4)6-7-12(11)18-13(10)14(16)17/h6-8H,5H2,1-4H3,(H,16,17). The van der Waals surface area contributed by atoms with Crippen molar-refractivity contribution >= 4 is 16.9 Å². The third-order valence-electron chi connectivity index (χ3n) is 3.20. The van der Waals surface area contributed by atoms with E-state index in [1.54, 1.807) is 0 Å². The molecule has 0 radical (unpaired) electrons. The lowest BCUT2D eigenvalue weighted by Crippen LogP contribution is -2.10. The summed E-state index contributed by atoms with van der Waals surface area (Å²) in [4.78, 5) is 11.1. The minimum absolute atomic E-state index is 0.0415. The fourth-order valence-corrected chi connectivity index (χ4v) is 2.14. The molecule has 0 spiro atoms. The van der Waals surface area contributed by atoms with Gasteiger partial charge in [-0.15, -0.1) is 0 Å². The van der Waals surface area contributed by atoms with Crippen LogP contribution in [0.25, 0.3) is 11.0 Å². The molecule has 96 valence electrons. The molecular formula is C15H18O3. The molecule has 0 unspecified atom stereocenters. The molecule has 0 atom stereocenters. The molecule has 0 saturated carbocycles. The van der Waals surface area contributed by atoms with Gasteiger partial charge in [-0.05, 0) is 29.5 Å². The molecule has 1 aromatic heterocycles. The SMILES string of the molecule is CCc1c(C(=O)O)oc2ccc(C(C)(C)C)cc12. The van der Waals surface area contributed by atoms with E-state index in [4.69, 9.17) is 9.52 Å². The highest BCUT2D eigenvalue weighted by Gasteiger charge is 2.21. The number of fused-ring (bicyclic) bond motifs is 1. The fraction of sp³-hybridized carbons (Fsp3) is 0.400. The number of hydrogen-bond donors (Lipinski definition) is 1. The van der Waals surface area contributed by atoms with E-state index in [0.717, 1.165) is 10.9 Å². The molecule has 0 fully saturated rings. The van der Waals surface area contributed by atoms with Crippen molar-refractivity contribution in [1.29, 1.82) is 0 Å². The molecule has 2 aromatic rings. The van der Waals surface area contributed by atoms with Crippen LogP contribution in [0.15, 0.2) is 22.6 Å². The second-order valence-electron chi connectivity index (χ2n) is 5.53. The largest absolute Gasteiger partial charge is 0.475 e. The van der Waals surface area contributed by atoms with Crippen LogP contribution in [0.3, 0.4) is 0 Å². The first kappa shape index (κ1) is 12.7. The van der Waals surface area contributed by atoms with Crippen LogP contribution in [0, 0.1) is 0 Å². The Labute approximate surface area is 106 Å². The number of carboxylic acid groups (broad SMARTS) is 1. The summed E-state index contributed by atoms with van der Waals surface area (Å²) < 4.78 is 5.42. The summed E-state index contributed by atoms with van der Waals surface area (Å²) in [5.41, 5.74) is 2.66. The predicted molar refractivity (Wildman–Crippen MR) is 71.3 cm³/mol. The molecule has 0 saturated heterocycles. The Morgan fingerprint density at radius 3 is 2.50 bits per heavy atom. The van der Waals surface area contributed by atoms with Gasteiger partial charge in [0.2, 0.25) is 5.76 Å². The van der Waals surface area contributed by atoms with E-state index in [0.29, 0.717) is 12.0 Å². The van der Waals surface area contributed by atoms with Gasteiger partial charge in [0.25, 0.3) is 0 Å². The first-order valence-electron chi connectivity index (χ1n) is 6.13. The summed E-state index contributed by atoms with van der Waals surface area (Å²) in [6.07, 6.45) is 0.655. The highest BCUT2D eigenvalue weighted by atomic mass is 16.4. The van der Waals surface area contributed by atoms with Crippen LogP contribution in [-0.2, 0) is 11.8 Å². The molecule has 18 heavy (non-hydrogen) atoms. The van der Waals surface area contributed by atoms with Gasteiger partial charge >= 0.3 is 5.97 Å². The number of furan rings is 1.